The molecular formula is C11H17N5O4. The maximum Gasteiger partial charge on any atom is 0.407 e. The van der Waals surface area contributed by atoms with Gasteiger partial charge in [-0.1, -0.05) is 0 Å². The van der Waals surface area contributed by atoms with Crippen molar-refractivity contribution in [1.29, 1.82) is 0 Å². The lowest BCUT2D eigenvalue weighted by molar-refractivity contribution is 0.0676. The lowest BCUT2D eigenvalue weighted by atomic mass is 10.1. The SMILES string of the molecule is CCOC(=O)NC1CCCN(C(=O)c2nonc2N)C1. The first kappa shape index (κ1) is 14.1. The number of amides is 2. The maximum atomic E-state index is 12.2. The summed E-state index contributed by atoms with van der Waals surface area (Å²) in [5.74, 6) is -0.380. The van der Waals surface area contributed by atoms with Gasteiger partial charge in [0.1, 0.15) is 0 Å². The van der Waals surface area contributed by atoms with Crippen LogP contribution in [0.4, 0.5) is 10.6 Å². The zero-order valence-corrected chi connectivity index (χ0v) is 11.2. The third-order valence-electron chi connectivity index (χ3n) is 3.02. The second kappa shape index (κ2) is 6.22. The number of nitrogens with one attached hydrogen (secondary N) is 1. The lowest BCUT2D eigenvalue weighted by Crippen LogP contribution is -2.49. The van der Waals surface area contributed by atoms with E-state index in [4.69, 9.17) is 10.5 Å². The molecule has 0 spiro atoms. The molecule has 20 heavy (non-hydrogen) atoms. The zero-order chi connectivity index (χ0) is 14.5. The van der Waals surface area contributed by atoms with Crippen molar-refractivity contribution in [2.45, 2.75) is 25.8 Å². The molecule has 9 heteroatoms. The van der Waals surface area contributed by atoms with Crippen LogP contribution < -0.4 is 11.1 Å². The molecule has 1 aliphatic rings. The minimum atomic E-state index is -0.477. The molecule has 1 atom stereocenters. The number of hydrogen-bond donors (Lipinski definition) is 2. The number of likely N-dealkylation sites (tertiary alicyclic amines) is 1. The van der Waals surface area contributed by atoms with Gasteiger partial charge in [-0.05, 0) is 30.1 Å². The first-order valence-electron chi connectivity index (χ1n) is 6.42. The van der Waals surface area contributed by atoms with E-state index in [0.29, 0.717) is 19.7 Å². The van der Waals surface area contributed by atoms with Crippen LogP contribution in [0.5, 0.6) is 0 Å². The third kappa shape index (κ3) is 3.16. The number of carbonyl (C=O) groups is 2. The number of hydrogen-bond acceptors (Lipinski definition) is 7. The number of carbonyl (C=O) groups excluding carboxylic acids is 2. The van der Waals surface area contributed by atoms with Crippen molar-refractivity contribution in [3.05, 3.63) is 5.69 Å². The van der Waals surface area contributed by atoms with Crippen LogP contribution >= 0.6 is 0 Å². The van der Waals surface area contributed by atoms with Crippen molar-refractivity contribution in [2.24, 2.45) is 0 Å². The molecule has 110 valence electrons. The summed E-state index contributed by atoms with van der Waals surface area (Å²) >= 11 is 0. The van der Waals surface area contributed by atoms with E-state index in [-0.39, 0.29) is 23.5 Å². The molecule has 1 aromatic heterocycles. The predicted octanol–water partition coefficient (Wildman–Crippen LogP) is 0.00250. The highest BCUT2D eigenvalue weighted by Crippen LogP contribution is 2.15. The monoisotopic (exact) mass is 283 g/mol. The van der Waals surface area contributed by atoms with Crippen LogP contribution in [-0.2, 0) is 4.74 Å². The largest absolute Gasteiger partial charge is 0.450 e. The molecule has 1 aliphatic heterocycles. The Balaban J connectivity index is 1.95. The molecule has 1 saturated heterocycles. The minimum Gasteiger partial charge on any atom is -0.450 e. The van der Waals surface area contributed by atoms with Gasteiger partial charge in [0.05, 0.1) is 6.61 Å². The quantitative estimate of drug-likeness (QED) is 0.800. The van der Waals surface area contributed by atoms with Crippen LogP contribution in [0.3, 0.4) is 0 Å². The normalized spacial score (nSPS) is 18.6. The van der Waals surface area contributed by atoms with E-state index in [9.17, 15) is 9.59 Å². The summed E-state index contributed by atoms with van der Waals surface area (Å²) in [7, 11) is 0. The number of ether oxygens (including phenoxy) is 1. The van der Waals surface area contributed by atoms with Gasteiger partial charge < -0.3 is 20.7 Å². The smallest absolute Gasteiger partial charge is 0.407 e. The average Bonchev–Trinajstić information content (AvgIpc) is 2.84. The van der Waals surface area contributed by atoms with Gasteiger partial charge in [-0.15, -0.1) is 0 Å². The average molecular weight is 283 g/mol. The van der Waals surface area contributed by atoms with Crippen LogP contribution in [-0.4, -0.2) is 53.0 Å². The fourth-order valence-electron chi connectivity index (χ4n) is 2.11. The third-order valence-corrected chi connectivity index (χ3v) is 3.02. The van der Waals surface area contributed by atoms with Crippen LogP contribution in [0.25, 0.3) is 0 Å². The van der Waals surface area contributed by atoms with Gasteiger partial charge in [0, 0.05) is 19.1 Å². The summed E-state index contributed by atoms with van der Waals surface area (Å²) < 4.78 is 9.24. The standard InChI is InChI=1S/C11H17N5O4/c1-2-19-11(18)13-7-4-3-5-16(6-7)10(17)8-9(12)15-20-14-8/h7H,2-6H2,1H3,(H2,12,15)(H,13,18). The van der Waals surface area contributed by atoms with Crippen LogP contribution in [0.1, 0.15) is 30.3 Å². The van der Waals surface area contributed by atoms with E-state index in [1.807, 2.05) is 0 Å². The summed E-state index contributed by atoms with van der Waals surface area (Å²) in [4.78, 5) is 25.1. The number of nitrogen functional groups attached to an aromatic ring is 1. The molecule has 0 aliphatic carbocycles. The van der Waals surface area contributed by atoms with E-state index in [2.05, 4.69) is 20.3 Å². The highest BCUT2D eigenvalue weighted by Gasteiger charge is 2.28. The van der Waals surface area contributed by atoms with E-state index in [1.165, 1.54) is 0 Å². The predicted molar refractivity (Wildman–Crippen MR) is 67.8 cm³/mol. The summed E-state index contributed by atoms with van der Waals surface area (Å²) in [6.07, 6.45) is 1.08. The molecule has 2 heterocycles. The topological polar surface area (TPSA) is 124 Å². The number of nitrogens with zero attached hydrogens (tertiary/aromatic N) is 3. The molecule has 9 nitrogen and oxygen atoms in total. The number of aromatic nitrogens is 2. The Morgan fingerprint density at radius 1 is 1.55 bits per heavy atom. The van der Waals surface area contributed by atoms with Crippen molar-refractivity contribution in [3.63, 3.8) is 0 Å². The minimum absolute atomic E-state index is 0.00165. The van der Waals surface area contributed by atoms with Gasteiger partial charge >= 0.3 is 6.09 Å². The highest BCUT2D eigenvalue weighted by atomic mass is 16.6. The molecule has 1 aromatic rings. The van der Waals surface area contributed by atoms with Gasteiger partial charge in [-0.25, -0.2) is 9.42 Å². The number of alkyl carbamates (subject to hydrolysis) is 1. The molecule has 3 N–H and O–H groups in total. The van der Waals surface area contributed by atoms with E-state index >= 15 is 0 Å². The Morgan fingerprint density at radius 3 is 3.00 bits per heavy atom. The summed E-state index contributed by atoms with van der Waals surface area (Å²) in [5, 5.41) is 9.59. The Hall–Kier alpha value is -2.32. The number of anilines is 1. The molecular weight excluding hydrogens is 266 g/mol. The first-order chi connectivity index (χ1) is 9.61. The van der Waals surface area contributed by atoms with E-state index in [0.717, 1.165) is 12.8 Å². The lowest BCUT2D eigenvalue weighted by Gasteiger charge is -2.32. The second-order valence-corrected chi connectivity index (χ2v) is 4.45. The van der Waals surface area contributed by atoms with Gasteiger partial charge in [-0.2, -0.15) is 0 Å². The van der Waals surface area contributed by atoms with Crippen molar-refractivity contribution in [1.82, 2.24) is 20.5 Å². The summed E-state index contributed by atoms with van der Waals surface area (Å²) in [6, 6.07) is -0.146. The van der Waals surface area contributed by atoms with Gasteiger partial charge in [0.2, 0.25) is 11.5 Å². The summed E-state index contributed by atoms with van der Waals surface area (Å²) in [5.41, 5.74) is 5.50. The highest BCUT2D eigenvalue weighted by molar-refractivity contribution is 5.96. The number of nitrogens with two attached hydrogens (primary N) is 1. The van der Waals surface area contributed by atoms with E-state index < -0.39 is 6.09 Å². The molecule has 0 bridgehead atoms. The molecule has 2 amide bonds. The molecule has 0 saturated carbocycles. The number of rotatable bonds is 3. The molecule has 1 fully saturated rings. The summed E-state index contributed by atoms with van der Waals surface area (Å²) in [6.45, 7) is 3.00. The molecule has 1 unspecified atom stereocenters. The molecule has 0 aromatic carbocycles. The Kier molecular flexibility index (Phi) is 4.38. The van der Waals surface area contributed by atoms with Gasteiger partial charge in [0.25, 0.3) is 5.91 Å². The number of piperidine rings is 1. The van der Waals surface area contributed by atoms with Crippen molar-refractivity contribution >= 4 is 17.8 Å². The van der Waals surface area contributed by atoms with Crippen LogP contribution in [0.2, 0.25) is 0 Å². The fourth-order valence-corrected chi connectivity index (χ4v) is 2.11. The Labute approximate surface area is 115 Å². The fraction of sp³-hybridized carbons (Fsp3) is 0.636. The first-order valence-corrected chi connectivity index (χ1v) is 6.42. The maximum absolute atomic E-state index is 12.2. The van der Waals surface area contributed by atoms with E-state index in [1.54, 1.807) is 11.8 Å². The van der Waals surface area contributed by atoms with Crippen LogP contribution in [0.15, 0.2) is 4.63 Å². The van der Waals surface area contributed by atoms with Gasteiger partial charge in [-0.3, -0.25) is 4.79 Å². The Morgan fingerprint density at radius 2 is 2.35 bits per heavy atom. The van der Waals surface area contributed by atoms with Crippen molar-refractivity contribution in [2.75, 3.05) is 25.4 Å². The molecule has 2 rings (SSSR count). The van der Waals surface area contributed by atoms with Gasteiger partial charge in [0.15, 0.2) is 0 Å². The van der Waals surface area contributed by atoms with Crippen molar-refractivity contribution < 1.29 is 19.0 Å². The van der Waals surface area contributed by atoms with Crippen LogP contribution in [0, 0.1) is 0 Å². The zero-order valence-electron chi connectivity index (χ0n) is 11.2. The Bertz CT molecular complexity index is 489. The second-order valence-electron chi connectivity index (χ2n) is 4.45. The van der Waals surface area contributed by atoms with Crippen molar-refractivity contribution in [3.8, 4) is 0 Å². The molecule has 0 radical (unpaired) electrons.